The molecule has 2 aromatic carbocycles. The van der Waals surface area contributed by atoms with Crippen molar-refractivity contribution in [1.29, 1.82) is 0 Å². The summed E-state index contributed by atoms with van der Waals surface area (Å²) in [6.07, 6.45) is 1.29. The SMILES string of the molecule is O=C(Cn1ccc(=O)[nH]c1=O)NCc1ccc(COc2ccccc2)cc1. The van der Waals surface area contributed by atoms with Crippen LogP contribution in [0.1, 0.15) is 11.1 Å². The van der Waals surface area contributed by atoms with Gasteiger partial charge >= 0.3 is 5.69 Å². The number of rotatable bonds is 7. The smallest absolute Gasteiger partial charge is 0.328 e. The predicted molar refractivity (Wildman–Crippen MR) is 100 cm³/mol. The van der Waals surface area contributed by atoms with E-state index in [1.54, 1.807) is 0 Å². The van der Waals surface area contributed by atoms with E-state index in [4.69, 9.17) is 4.74 Å². The minimum atomic E-state index is -0.611. The second kappa shape index (κ2) is 8.66. The lowest BCUT2D eigenvalue weighted by Gasteiger charge is -2.09. The highest BCUT2D eigenvalue weighted by Crippen LogP contribution is 2.12. The molecular formula is C20H19N3O4. The number of nitrogens with one attached hydrogen (secondary N) is 2. The van der Waals surface area contributed by atoms with Gasteiger partial charge in [-0.1, -0.05) is 42.5 Å². The fourth-order valence-corrected chi connectivity index (χ4v) is 2.42. The molecule has 0 fully saturated rings. The highest BCUT2D eigenvalue weighted by molar-refractivity contribution is 5.75. The van der Waals surface area contributed by atoms with Crippen molar-refractivity contribution in [3.8, 4) is 5.75 Å². The van der Waals surface area contributed by atoms with E-state index in [9.17, 15) is 14.4 Å². The van der Waals surface area contributed by atoms with Crippen LogP contribution in [0.2, 0.25) is 0 Å². The number of aromatic amines is 1. The number of carbonyl (C=O) groups excluding carboxylic acids is 1. The molecule has 0 saturated heterocycles. The molecule has 1 amide bonds. The fraction of sp³-hybridized carbons (Fsp3) is 0.150. The maximum absolute atomic E-state index is 12.0. The maximum Gasteiger partial charge on any atom is 0.328 e. The Morgan fingerprint density at radius 2 is 1.67 bits per heavy atom. The zero-order valence-electron chi connectivity index (χ0n) is 14.6. The lowest BCUT2D eigenvalue weighted by Crippen LogP contribution is -2.35. The van der Waals surface area contributed by atoms with Crippen LogP contribution in [0.3, 0.4) is 0 Å². The second-order valence-corrected chi connectivity index (χ2v) is 5.93. The minimum Gasteiger partial charge on any atom is -0.489 e. The number of nitrogens with zero attached hydrogens (tertiary/aromatic N) is 1. The topological polar surface area (TPSA) is 93.2 Å². The first-order valence-corrected chi connectivity index (χ1v) is 8.42. The summed E-state index contributed by atoms with van der Waals surface area (Å²) in [5.74, 6) is 0.493. The van der Waals surface area contributed by atoms with E-state index in [-0.39, 0.29) is 12.5 Å². The summed E-state index contributed by atoms with van der Waals surface area (Å²) >= 11 is 0. The van der Waals surface area contributed by atoms with Crippen molar-refractivity contribution in [3.63, 3.8) is 0 Å². The molecule has 7 heteroatoms. The lowest BCUT2D eigenvalue weighted by molar-refractivity contribution is -0.121. The number of amides is 1. The summed E-state index contributed by atoms with van der Waals surface area (Å²) in [6, 6.07) is 18.5. The number of H-pyrrole nitrogens is 1. The average Bonchev–Trinajstić information content (AvgIpc) is 2.68. The lowest BCUT2D eigenvalue weighted by atomic mass is 10.1. The van der Waals surface area contributed by atoms with Crippen LogP contribution >= 0.6 is 0 Å². The highest BCUT2D eigenvalue weighted by atomic mass is 16.5. The Balaban J connectivity index is 1.48. The molecule has 0 atom stereocenters. The fourth-order valence-electron chi connectivity index (χ4n) is 2.42. The van der Waals surface area contributed by atoms with Crippen molar-refractivity contribution in [1.82, 2.24) is 14.9 Å². The van der Waals surface area contributed by atoms with Crippen LogP contribution in [0.15, 0.2) is 76.4 Å². The Hall–Kier alpha value is -3.61. The van der Waals surface area contributed by atoms with Crippen LogP contribution in [0.4, 0.5) is 0 Å². The van der Waals surface area contributed by atoms with Crippen LogP contribution in [0, 0.1) is 0 Å². The first kappa shape index (κ1) is 18.2. The van der Waals surface area contributed by atoms with Crippen LogP contribution < -0.4 is 21.3 Å². The molecule has 2 N–H and O–H groups in total. The molecule has 138 valence electrons. The molecule has 0 aliphatic rings. The van der Waals surface area contributed by atoms with Crippen molar-refractivity contribution in [2.24, 2.45) is 0 Å². The third-order valence-electron chi connectivity index (χ3n) is 3.87. The summed E-state index contributed by atoms with van der Waals surface area (Å²) < 4.78 is 6.83. The van der Waals surface area contributed by atoms with Gasteiger partial charge in [-0.15, -0.1) is 0 Å². The average molecular weight is 365 g/mol. The third-order valence-corrected chi connectivity index (χ3v) is 3.87. The number of aromatic nitrogens is 2. The Kier molecular flexibility index (Phi) is 5.84. The Labute approximate surface area is 155 Å². The Morgan fingerprint density at radius 1 is 0.963 bits per heavy atom. The molecule has 0 aliphatic carbocycles. The molecule has 0 radical (unpaired) electrons. The molecule has 1 aromatic heterocycles. The monoisotopic (exact) mass is 365 g/mol. The molecular weight excluding hydrogens is 346 g/mol. The van der Waals surface area contributed by atoms with Crippen LogP contribution in [0.5, 0.6) is 5.75 Å². The quantitative estimate of drug-likeness (QED) is 0.662. The van der Waals surface area contributed by atoms with Gasteiger partial charge in [-0.05, 0) is 23.3 Å². The van der Waals surface area contributed by atoms with Crippen LogP contribution in [-0.2, 0) is 24.5 Å². The van der Waals surface area contributed by atoms with Crippen molar-refractivity contribution in [2.45, 2.75) is 19.7 Å². The first-order valence-electron chi connectivity index (χ1n) is 8.42. The molecule has 0 unspecified atom stereocenters. The Morgan fingerprint density at radius 3 is 2.37 bits per heavy atom. The minimum absolute atomic E-state index is 0.154. The largest absolute Gasteiger partial charge is 0.489 e. The van der Waals surface area contributed by atoms with Crippen molar-refractivity contribution in [3.05, 3.63) is 98.8 Å². The van der Waals surface area contributed by atoms with E-state index < -0.39 is 11.2 Å². The van der Waals surface area contributed by atoms with Gasteiger partial charge < -0.3 is 10.1 Å². The van der Waals surface area contributed by atoms with E-state index >= 15 is 0 Å². The van der Waals surface area contributed by atoms with Crippen molar-refractivity contribution >= 4 is 5.91 Å². The maximum atomic E-state index is 12.0. The zero-order chi connectivity index (χ0) is 19.1. The predicted octanol–water partition coefficient (Wildman–Crippen LogP) is 1.43. The number of hydrogen-bond acceptors (Lipinski definition) is 4. The highest BCUT2D eigenvalue weighted by Gasteiger charge is 2.05. The summed E-state index contributed by atoms with van der Waals surface area (Å²) in [4.78, 5) is 36.7. The van der Waals surface area contributed by atoms with E-state index in [1.807, 2.05) is 54.6 Å². The van der Waals surface area contributed by atoms with Crippen molar-refractivity contribution < 1.29 is 9.53 Å². The van der Waals surface area contributed by atoms with E-state index in [0.29, 0.717) is 13.2 Å². The van der Waals surface area contributed by atoms with Gasteiger partial charge in [0.2, 0.25) is 5.91 Å². The van der Waals surface area contributed by atoms with Gasteiger partial charge in [-0.25, -0.2) is 4.79 Å². The van der Waals surface area contributed by atoms with Gasteiger partial charge in [0, 0.05) is 18.8 Å². The molecule has 0 spiro atoms. The van der Waals surface area contributed by atoms with Gasteiger partial charge in [0.1, 0.15) is 18.9 Å². The number of carbonyl (C=O) groups is 1. The van der Waals surface area contributed by atoms with Crippen LogP contribution in [0.25, 0.3) is 0 Å². The molecule has 0 aliphatic heterocycles. The van der Waals surface area contributed by atoms with E-state index in [2.05, 4.69) is 10.3 Å². The molecule has 7 nitrogen and oxygen atoms in total. The number of ether oxygens (including phenoxy) is 1. The molecule has 0 bridgehead atoms. The van der Waals surface area contributed by atoms with Gasteiger partial charge in [-0.3, -0.25) is 19.1 Å². The number of para-hydroxylation sites is 1. The van der Waals surface area contributed by atoms with Crippen LogP contribution in [-0.4, -0.2) is 15.5 Å². The van der Waals surface area contributed by atoms with Gasteiger partial charge in [0.05, 0.1) is 0 Å². The molecule has 0 saturated carbocycles. The molecule has 1 heterocycles. The van der Waals surface area contributed by atoms with Gasteiger partial charge in [-0.2, -0.15) is 0 Å². The summed E-state index contributed by atoms with van der Waals surface area (Å²) in [5.41, 5.74) is 0.850. The summed E-state index contributed by atoms with van der Waals surface area (Å²) in [7, 11) is 0. The first-order chi connectivity index (χ1) is 13.1. The third kappa shape index (κ3) is 5.43. The number of benzene rings is 2. The normalized spacial score (nSPS) is 10.4. The standard InChI is InChI=1S/C20H19N3O4/c24-18-10-11-23(20(26)22-18)13-19(25)21-12-15-6-8-16(9-7-15)14-27-17-4-2-1-3-5-17/h1-11H,12-14H2,(H,21,25)(H,22,24,26). The van der Waals surface area contributed by atoms with E-state index in [1.165, 1.54) is 12.3 Å². The van der Waals surface area contributed by atoms with Gasteiger partial charge in [0.25, 0.3) is 5.56 Å². The van der Waals surface area contributed by atoms with Crippen molar-refractivity contribution in [2.75, 3.05) is 0 Å². The summed E-state index contributed by atoms with van der Waals surface area (Å²) in [5, 5.41) is 2.74. The Bertz CT molecular complexity index is 1010. The number of hydrogen-bond donors (Lipinski definition) is 2. The summed E-state index contributed by atoms with van der Waals surface area (Å²) in [6.45, 7) is 0.654. The second-order valence-electron chi connectivity index (χ2n) is 5.93. The molecule has 3 rings (SSSR count). The zero-order valence-corrected chi connectivity index (χ0v) is 14.6. The molecule has 27 heavy (non-hydrogen) atoms. The van der Waals surface area contributed by atoms with Gasteiger partial charge in [0.15, 0.2) is 0 Å². The van der Waals surface area contributed by atoms with E-state index in [0.717, 1.165) is 21.4 Å². The molecule has 3 aromatic rings.